The van der Waals surface area contributed by atoms with Crippen LogP contribution in [0.25, 0.3) is 22.2 Å². The van der Waals surface area contributed by atoms with E-state index in [1.54, 1.807) is 12.1 Å². The van der Waals surface area contributed by atoms with Crippen molar-refractivity contribution in [3.8, 4) is 11.3 Å². The lowest BCUT2D eigenvalue weighted by Gasteiger charge is -2.07. The second kappa shape index (κ2) is 8.65. The Bertz CT molecular complexity index is 867. The number of halogens is 1. The molecule has 0 fully saturated rings. The zero-order valence-electron chi connectivity index (χ0n) is 15.1. The van der Waals surface area contributed by atoms with Crippen LogP contribution in [0.2, 0.25) is 0 Å². The zero-order valence-corrected chi connectivity index (χ0v) is 15.1. The molecule has 2 N–H and O–H groups in total. The highest BCUT2D eigenvalue weighted by Crippen LogP contribution is 2.30. The van der Waals surface area contributed by atoms with Gasteiger partial charge in [-0.2, -0.15) is 0 Å². The molecule has 1 amide bonds. The standard InChI is InChI=1S/C22H25FN2O/c1-2-3-4-7-14-24-21(26)15-19-18-8-5-6-9-20(18)25-22(19)16-10-12-17(23)13-11-16/h5-6,8-13,25H,2-4,7,14-15H2,1H3,(H,24,26). The number of para-hydroxylation sites is 1. The predicted octanol–water partition coefficient (Wildman–Crippen LogP) is 5.21. The molecule has 0 aliphatic rings. The van der Waals surface area contributed by atoms with Gasteiger partial charge in [0.2, 0.25) is 5.91 Å². The van der Waals surface area contributed by atoms with Crippen molar-refractivity contribution in [2.75, 3.05) is 6.54 Å². The molecule has 0 bridgehead atoms. The second-order valence-corrected chi connectivity index (χ2v) is 6.62. The largest absolute Gasteiger partial charge is 0.356 e. The molecule has 4 heteroatoms. The van der Waals surface area contributed by atoms with Gasteiger partial charge in [-0.1, -0.05) is 44.4 Å². The molecule has 0 saturated heterocycles. The molecule has 26 heavy (non-hydrogen) atoms. The number of benzene rings is 2. The highest BCUT2D eigenvalue weighted by molar-refractivity contribution is 5.95. The van der Waals surface area contributed by atoms with Gasteiger partial charge >= 0.3 is 0 Å². The molecular weight excluding hydrogens is 327 g/mol. The zero-order chi connectivity index (χ0) is 18.4. The normalized spacial score (nSPS) is 11.0. The SMILES string of the molecule is CCCCCCNC(=O)Cc1c(-c2ccc(F)cc2)[nH]c2ccccc12. The van der Waals surface area contributed by atoms with Gasteiger partial charge in [-0.05, 0) is 47.9 Å². The summed E-state index contributed by atoms with van der Waals surface area (Å²) in [5.41, 5.74) is 3.71. The lowest BCUT2D eigenvalue weighted by atomic mass is 10.0. The molecule has 1 heterocycles. The predicted molar refractivity (Wildman–Crippen MR) is 105 cm³/mol. The van der Waals surface area contributed by atoms with Crippen molar-refractivity contribution in [2.45, 2.75) is 39.0 Å². The molecule has 3 rings (SSSR count). The molecular formula is C22H25FN2O. The minimum absolute atomic E-state index is 0.0228. The highest BCUT2D eigenvalue weighted by Gasteiger charge is 2.16. The molecule has 3 aromatic rings. The number of unbranched alkanes of at least 4 members (excludes halogenated alkanes) is 3. The van der Waals surface area contributed by atoms with Gasteiger partial charge < -0.3 is 10.3 Å². The Morgan fingerprint density at radius 2 is 1.81 bits per heavy atom. The topological polar surface area (TPSA) is 44.9 Å². The van der Waals surface area contributed by atoms with Crippen molar-refractivity contribution in [1.29, 1.82) is 0 Å². The van der Waals surface area contributed by atoms with E-state index in [1.807, 2.05) is 24.3 Å². The van der Waals surface area contributed by atoms with E-state index in [-0.39, 0.29) is 11.7 Å². The first-order valence-electron chi connectivity index (χ1n) is 9.31. The van der Waals surface area contributed by atoms with E-state index in [0.29, 0.717) is 13.0 Å². The van der Waals surface area contributed by atoms with Gasteiger partial charge in [-0.3, -0.25) is 4.79 Å². The summed E-state index contributed by atoms with van der Waals surface area (Å²) in [6.07, 6.45) is 4.85. The van der Waals surface area contributed by atoms with Crippen LogP contribution in [0.4, 0.5) is 4.39 Å². The third kappa shape index (κ3) is 4.31. The van der Waals surface area contributed by atoms with Gasteiger partial charge in [0.15, 0.2) is 0 Å². The number of carbonyl (C=O) groups is 1. The average molecular weight is 352 g/mol. The van der Waals surface area contributed by atoms with E-state index < -0.39 is 0 Å². The molecule has 2 aromatic carbocycles. The minimum atomic E-state index is -0.267. The number of H-pyrrole nitrogens is 1. The Morgan fingerprint density at radius 1 is 1.04 bits per heavy atom. The molecule has 0 saturated carbocycles. The van der Waals surface area contributed by atoms with Crippen LogP contribution >= 0.6 is 0 Å². The molecule has 0 atom stereocenters. The third-order valence-electron chi connectivity index (χ3n) is 4.64. The first-order chi connectivity index (χ1) is 12.7. The molecule has 0 spiro atoms. The number of aromatic amines is 1. The quantitative estimate of drug-likeness (QED) is 0.537. The fraction of sp³-hybridized carbons (Fsp3) is 0.318. The first kappa shape index (κ1) is 18.2. The average Bonchev–Trinajstić information content (AvgIpc) is 3.01. The number of aromatic nitrogens is 1. The number of fused-ring (bicyclic) bond motifs is 1. The fourth-order valence-corrected chi connectivity index (χ4v) is 3.25. The van der Waals surface area contributed by atoms with Gasteiger partial charge in [0.05, 0.1) is 12.1 Å². The number of carbonyl (C=O) groups excluding carboxylic acids is 1. The number of hydrogen-bond donors (Lipinski definition) is 2. The van der Waals surface area contributed by atoms with E-state index in [1.165, 1.54) is 25.0 Å². The van der Waals surface area contributed by atoms with E-state index in [4.69, 9.17) is 0 Å². The smallest absolute Gasteiger partial charge is 0.224 e. The molecule has 0 radical (unpaired) electrons. The summed E-state index contributed by atoms with van der Waals surface area (Å²) >= 11 is 0. The summed E-state index contributed by atoms with van der Waals surface area (Å²) in [5.74, 6) is -0.245. The Morgan fingerprint density at radius 3 is 2.58 bits per heavy atom. The molecule has 0 aliphatic carbocycles. The fourth-order valence-electron chi connectivity index (χ4n) is 3.25. The van der Waals surface area contributed by atoms with Crippen LogP contribution in [-0.2, 0) is 11.2 Å². The maximum absolute atomic E-state index is 13.3. The van der Waals surface area contributed by atoms with Crippen LogP contribution in [0.5, 0.6) is 0 Å². The summed E-state index contributed by atoms with van der Waals surface area (Å²) in [7, 11) is 0. The van der Waals surface area contributed by atoms with E-state index in [2.05, 4.69) is 17.2 Å². The number of hydrogen-bond acceptors (Lipinski definition) is 1. The molecule has 3 nitrogen and oxygen atoms in total. The maximum Gasteiger partial charge on any atom is 0.224 e. The number of rotatable bonds is 8. The van der Waals surface area contributed by atoms with Crippen LogP contribution in [0, 0.1) is 5.82 Å². The Kier molecular flexibility index (Phi) is 6.05. The van der Waals surface area contributed by atoms with Crippen molar-refractivity contribution in [1.82, 2.24) is 10.3 Å². The third-order valence-corrected chi connectivity index (χ3v) is 4.64. The number of amides is 1. The van der Waals surface area contributed by atoms with Crippen molar-refractivity contribution in [3.05, 3.63) is 59.9 Å². The summed E-state index contributed by atoms with van der Waals surface area (Å²) in [6.45, 7) is 2.89. The van der Waals surface area contributed by atoms with Gasteiger partial charge in [-0.25, -0.2) is 4.39 Å². The summed E-state index contributed by atoms with van der Waals surface area (Å²) in [5, 5.41) is 4.05. The van der Waals surface area contributed by atoms with Crippen molar-refractivity contribution < 1.29 is 9.18 Å². The van der Waals surface area contributed by atoms with Crippen LogP contribution in [-0.4, -0.2) is 17.4 Å². The highest BCUT2D eigenvalue weighted by atomic mass is 19.1. The molecule has 0 unspecified atom stereocenters. The number of nitrogens with one attached hydrogen (secondary N) is 2. The summed E-state index contributed by atoms with van der Waals surface area (Å²) < 4.78 is 13.3. The molecule has 0 aliphatic heterocycles. The summed E-state index contributed by atoms with van der Waals surface area (Å²) in [4.78, 5) is 15.8. The van der Waals surface area contributed by atoms with Crippen molar-refractivity contribution >= 4 is 16.8 Å². The molecule has 136 valence electrons. The van der Waals surface area contributed by atoms with Gasteiger partial charge in [0.1, 0.15) is 5.82 Å². The van der Waals surface area contributed by atoms with Crippen LogP contribution in [0.3, 0.4) is 0 Å². The summed E-state index contributed by atoms with van der Waals surface area (Å²) in [6, 6.07) is 14.3. The molecule has 1 aromatic heterocycles. The van der Waals surface area contributed by atoms with Crippen LogP contribution in [0.1, 0.15) is 38.2 Å². The Labute approximate surface area is 153 Å². The van der Waals surface area contributed by atoms with E-state index >= 15 is 0 Å². The first-order valence-corrected chi connectivity index (χ1v) is 9.31. The van der Waals surface area contributed by atoms with Gasteiger partial charge in [0.25, 0.3) is 0 Å². The lowest BCUT2D eigenvalue weighted by Crippen LogP contribution is -2.26. The van der Waals surface area contributed by atoms with Crippen LogP contribution < -0.4 is 5.32 Å². The Balaban J connectivity index is 1.81. The Hall–Kier alpha value is -2.62. The maximum atomic E-state index is 13.3. The lowest BCUT2D eigenvalue weighted by molar-refractivity contribution is -0.120. The van der Waals surface area contributed by atoms with E-state index in [9.17, 15) is 9.18 Å². The van der Waals surface area contributed by atoms with Crippen LogP contribution in [0.15, 0.2) is 48.5 Å². The minimum Gasteiger partial charge on any atom is -0.356 e. The monoisotopic (exact) mass is 352 g/mol. The van der Waals surface area contributed by atoms with E-state index in [0.717, 1.165) is 40.6 Å². The van der Waals surface area contributed by atoms with Gasteiger partial charge in [-0.15, -0.1) is 0 Å². The second-order valence-electron chi connectivity index (χ2n) is 6.62. The van der Waals surface area contributed by atoms with Crippen molar-refractivity contribution in [3.63, 3.8) is 0 Å². The van der Waals surface area contributed by atoms with Gasteiger partial charge in [0, 0.05) is 17.4 Å². The van der Waals surface area contributed by atoms with Crippen molar-refractivity contribution in [2.24, 2.45) is 0 Å².